The number of nitrogens with one attached hydrogen (secondary N) is 1. The third kappa shape index (κ3) is 20.1. The molecule has 5 amide bonds. The van der Waals surface area contributed by atoms with Gasteiger partial charge < -0.3 is 43.6 Å². The normalized spacial score (nSPS) is 17.7. The maximum atomic E-state index is 14.3. The predicted molar refractivity (Wildman–Crippen MR) is 387 cm³/mol. The molecule has 7 aromatic rings. The van der Waals surface area contributed by atoms with Crippen molar-refractivity contribution < 1.29 is 68.9 Å². The number of fused-ring (bicyclic) bond motifs is 2. The number of anilines is 1. The minimum atomic E-state index is -5.15. The number of likely N-dealkylation sites (N-methyl/N-ethyl adjacent to an activating group) is 2. The lowest BCUT2D eigenvalue weighted by molar-refractivity contribution is -0.143. The molecule has 3 heterocycles. The first kappa shape index (κ1) is 77.1. The molecule has 0 saturated carbocycles. The summed E-state index contributed by atoms with van der Waals surface area (Å²) in [6.07, 6.45) is -3.98. The van der Waals surface area contributed by atoms with Gasteiger partial charge in [0.15, 0.2) is 0 Å². The van der Waals surface area contributed by atoms with Gasteiger partial charge in [-0.2, -0.15) is 26.3 Å². The number of hydrogen-bond donors (Lipinski definition) is 1. The van der Waals surface area contributed by atoms with Gasteiger partial charge in [-0.1, -0.05) is 134 Å². The van der Waals surface area contributed by atoms with Crippen LogP contribution in [0.25, 0.3) is 11.1 Å². The van der Waals surface area contributed by atoms with Crippen LogP contribution in [0.5, 0.6) is 0 Å². The molecule has 105 heavy (non-hydrogen) atoms. The predicted octanol–water partition coefficient (Wildman–Crippen LogP) is 14.6. The number of nitrogens with zero attached hydrogens (tertiary/aromatic N) is 7. The summed E-state index contributed by atoms with van der Waals surface area (Å²) in [7, 11) is 5.36. The Bertz CT molecular complexity index is 4030. The van der Waals surface area contributed by atoms with E-state index in [0.717, 1.165) is 97.5 Å². The summed E-state index contributed by atoms with van der Waals surface area (Å²) in [5.41, 5.74) is 2.58. The molecule has 0 radical (unpaired) electrons. The van der Waals surface area contributed by atoms with E-state index in [1.54, 1.807) is 23.9 Å². The Balaban J connectivity index is 0.593. The minimum absolute atomic E-state index is 0.0264. The Morgan fingerprint density at radius 2 is 1.21 bits per heavy atom. The second-order valence-electron chi connectivity index (χ2n) is 28.4. The molecule has 16 nitrogen and oxygen atoms in total. The Labute approximate surface area is 610 Å². The van der Waals surface area contributed by atoms with E-state index >= 15 is 0 Å². The molecule has 3 aliphatic heterocycles. The fraction of sp³-hybridized carbons (Fsp3) is 0.427. The van der Waals surface area contributed by atoms with Gasteiger partial charge in [-0.25, -0.2) is 9.18 Å². The number of carbonyl (C=O) groups is 5. The van der Waals surface area contributed by atoms with Crippen molar-refractivity contribution in [1.29, 1.82) is 0 Å². The number of benzene rings is 7. The molecule has 4 aliphatic rings. The molecule has 0 bridgehead atoms. The summed E-state index contributed by atoms with van der Waals surface area (Å²) in [5, 5.41) is 2.94. The standard InChI is InChI=1S/C82H93F7N8O8/c1-91(75(99)56-103-73-52-63-22-12-14-24-71(63)79(73)37-45-95(46-38-79)47-39-80(65-31-33-68(83)34-32-65)57-97(58-104-80)77(101)64-50-66(81(84,85)86)53-67(51-64)82(87,88)89)40-17-41-93(3)76(100)62-29-27-60(28-30-62)55-96(54-59-18-7-4-8-19-59)42-16-6-11-26-74(98)92(2)48-49-94-43-35-69(36-44-94)105-78(102)90-72-25-15-13-23-70(72)61-20-9-5-10-21-61/h4-5,7-10,12-15,18-25,27-34,50-51,53,69,73H,6,11,16-17,26,35-49,52,54-58H2,1-3H3,(H,90,102)/t73-,80+/m0/s1. The zero-order chi connectivity index (χ0) is 74.3. The molecule has 0 aromatic heterocycles. The maximum absolute atomic E-state index is 14.3. The van der Waals surface area contributed by atoms with Crippen molar-refractivity contribution in [2.75, 3.05) is 112 Å². The zero-order valence-corrected chi connectivity index (χ0v) is 59.8. The van der Waals surface area contributed by atoms with Gasteiger partial charge >= 0.3 is 18.4 Å². The average molecular weight is 1450 g/mol. The fourth-order valence-corrected chi connectivity index (χ4v) is 15.0. The van der Waals surface area contributed by atoms with E-state index in [9.17, 15) is 54.7 Å². The number of piperidine rings is 2. The van der Waals surface area contributed by atoms with Gasteiger partial charge in [0.2, 0.25) is 11.8 Å². The van der Waals surface area contributed by atoms with E-state index in [0.29, 0.717) is 107 Å². The van der Waals surface area contributed by atoms with Crippen molar-refractivity contribution in [3.63, 3.8) is 0 Å². The molecule has 558 valence electrons. The van der Waals surface area contributed by atoms with Crippen LogP contribution >= 0.6 is 0 Å². The number of likely N-dealkylation sites (tertiary alicyclic amines) is 2. The Morgan fingerprint density at radius 1 is 0.600 bits per heavy atom. The van der Waals surface area contributed by atoms with E-state index in [-0.39, 0.29) is 55.6 Å². The highest BCUT2D eigenvalue weighted by molar-refractivity contribution is 5.95. The van der Waals surface area contributed by atoms with Crippen molar-refractivity contribution >= 4 is 35.4 Å². The smallest absolute Gasteiger partial charge is 0.416 e. The Morgan fingerprint density at radius 3 is 1.90 bits per heavy atom. The molecule has 7 aromatic carbocycles. The lowest BCUT2D eigenvalue weighted by Crippen LogP contribution is -2.50. The zero-order valence-electron chi connectivity index (χ0n) is 59.8. The molecular weight excluding hydrogens is 1360 g/mol. The first-order valence-electron chi connectivity index (χ1n) is 36.3. The summed E-state index contributed by atoms with van der Waals surface area (Å²) >= 11 is 0. The summed E-state index contributed by atoms with van der Waals surface area (Å²) < 4.78 is 116. The van der Waals surface area contributed by atoms with Gasteiger partial charge in [0, 0.05) is 109 Å². The number of carbonyl (C=O) groups excluding carboxylic acids is 5. The fourth-order valence-electron chi connectivity index (χ4n) is 15.0. The van der Waals surface area contributed by atoms with Gasteiger partial charge in [-0.3, -0.25) is 29.4 Å². The number of rotatable bonds is 29. The van der Waals surface area contributed by atoms with Crippen molar-refractivity contribution in [1.82, 2.24) is 34.3 Å². The number of halogens is 7. The molecular formula is C82H93F7N8O8. The molecule has 3 fully saturated rings. The largest absolute Gasteiger partial charge is 0.446 e. The number of para-hydroxylation sites is 1. The Kier molecular flexibility index (Phi) is 25.7. The molecule has 1 N–H and O–H groups in total. The topological polar surface area (TPSA) is 148 Å². The number of ether oxygens (including phenoxy) is 3. The van der Waals surface area contributed by atoms with Crippen LogP contribution in [0, 0.1) is 5.82 Å². The summed E-state index contributed by atoms with van der Waals surface area (Å²) in [6.45, 7) is 6.84. The third-order valence-electron chi connectivity index (χ3n) is 21.2. The van der Waals surface area contributed by atoms with Gasteiger partial charge in [-0.15, -0.1) is 0 Å². The second-order valence-corrected chi connectivity index (χ2v) is 28.4. The van der Waals surface area contributed by atoms with Crippen LogP contribution in [0.15, 0.2) is 176 Å². The minimum Gasteiger partial charge on any atom is -0.446 e. The van der Waals surface area contributed by atoms with Crippen LogP contribution in [0.3, 0.4) is 0 Å². The molecule has 1 spiro atoms. The maximum Gasteiger partial charge on any atom is 0.416 e. The Hall–Kier alpha value is -9.00. The molecule has 3 saturated heterocycles. The quantitative estimate of drug-likeness (QED) is 0.0353. The number of unbranched alkanes of at least 4 members (excludes halogenated alkanes) is 2. The number of alkyl halides is 6. The van der Waals surface area contributed by atoms with E-state index in [1.165, 1.54) is 29.8 Å². The summed E-state index contributed by atoms with van der Waals surface area (Å²) in [4.78, 5) is 80.7. The van der Waals surface area contributed by atoms with E-state index in [2.05, 4.69) is 44.3 Å². The van der Waals surface area contributed by atoms with Gasteiger partial charge in [0.25, 0.3) is 11.8 Å². The summed E-state index contributed by atoms with van der Waals surface area (Å²) in [6, 6.07) is 50.1. The van der Waals surface area contributed by atoms with E-state index < -0.39 is 64.6 Å². The van der Waals surface area contributed by atoms with Crippen LogP contribution < -0.4 is 5.32 Å². The first-order valence-corrected chi connectivity index (χ1v) is 36.3. The third-order valence-corrected chi connectivity index (χ3v) is 21.2. The monoisotopic (exact) mass is 1450 g/mol. The van der Waals surface area contributed by atoms with Gasteiger partial charge in [0.1, 0.15) is 30.9 Å². The highest BCUT2D eigenvalue weighted by Crippen LogP contribution is 2.49. The highest BCUT2D eigenvalue weighted by atomic mass is 19.4. The lowest BCUT2D eigenvalue weighted by atomic mass is 9.72. The molecule has 23 heteroatoms. The van der Waals surface area contributed by atoms with Gasteiger partial charge in [0.05, 0.1) is 29.5 Å². The highest BCUT2D eigenvalue weighted by Gasteiger charge is 2.50. The van der Waals surface area contributed by atoms with Crippen molar-refractivity contribution in [2.45, 2.75) is 119 Å². The molecule has 2 atom stereocenters. The van der Waals surface area contributed by atoms with Crippen LogP contribution in [-0.2, 0) is 66.7 Å². The van der Waals surface area contributed by atoms with E-state index in [4.69, 9.17) is 14.2 Å². The van der Waals surface area contributed by atoms with Crippen LogP contribution in [-0.4, -0.2) is 183 Å². The lowest BCUT2D eigenvalue weighted by Gasteiger charge is -2.44. The number of hydrogen-bond acceptors (Lipinski definition) is 11. The molecule has 1 aliphatic carbocycles. The van der Waals surface area contributed by atoms with E-state index in [1.807, 2.05) is 121 Å². The van der Waals surface area contributed by atoms with Crippen LogP contribution in [0.2, 0.25) is 0 Å². The molecule has 11 rings (SSSR count). The van der Waals surface area contributed by atoms with Crippen LogP contribution in [0.4, 0.5) is 41.2 Å². The first-order chi connectivity index (χ1) is 50.4. The van der Waals surface area contributed by atoms with Gasteiger partial charge in [-0.05, 0) is 159 Å². The second kappa shape index (κ2) is 34.9. The van der Waals surface area contributed by atoms with Crippen molar-refractivity contribution in [3.05, 3.63) is 232 Å². The molecule has 0 unspecified atom stereocenters. The van der Waals surface area contributed by atoms with Crippen molar-refractivity contribution in [3.8, 4) is 11.1 Å². The SMILES string of the molecule is CN(CCN1CCC(OC(=O)Nc2ccccc2-c2ccccc2)CC1)C(=O)CCCCCN(Cc1ccccc1)Cc1ccc(C(=O)N(C)CCCN(C)C(=O)CO[C@H]2Cc3ccccc3C23CCN(CC[C@]2(c4ccc(F)cc4)CN(C(=O)c4cc(C(F)(F)F)cc(C(F)(F)F)c4)CO2)CC3)cc1. The number of amides is 5. The summed E-state index contributed by atoms with van der Waals surface area (Å²) in [5.74, 6) is -1.80. The van der Waals surface area contributed by atoms with Crippen LogP contribution in [0.1, 0.15) is 124 Å². The average Bonchev–Trinajstić information content (AvgIpc) is 1.60. The van der Waals surface area contributed by atoms with Crippen molar-refractivity contribution in [2.24, 2.45) is 0 Å².